The van der Waals surface area contributed by atoms with Crippen LogP contribution in [0.1, 0.15) is 144 Å². The summed E-state index contributed by atoms with van der Waals surface area (Å²) < 4.78 is 13.9. The summed E-state index contributed by atoms with van der Waals surface area (Å²) in [6, 6.07) is 27.3. The Morgan fingerprint density at radius 1 is 0.460 bits per heavy atom. The summed E-state index contributed by atoms with van der Waals surface area (Å²) in [4.78, 5) is 21.9. The lowest BCUT2D eigenvalue weighted by Crippen LogP contribution is -2.30. The predicted molar refractivity (Wildman–Crippen MR) is 261 cm³/mol. The number of hydrogen-bond acceptors (Lipinski definition) is 7. The third-order valence-corrected chi connectivity index (χ3v) is 13.0. The molecule has 2 aromatic heterocycles. The van der Waals surface area contributed by atoms with E-state index in [0.717, 1.165) is 90.3 Å². The van der Waals surface area contributed by atoms with E-state index in [-0.39, 0.29) is 21.7 Å². The molecule has 0 saturated carbocycles. The van der Waals surface area contributed by atoms with Crippen LogP contribution in [0.15, 0.2) is 95.2 Å². The minimum Gasteiger partial charge on any atom is -0.479 e. The van der Waals surface area contributed by atoms with Gasteiger partial charge in [0.2, 0.25) is 0 Å². The van der Waals surface area contributed by atoms with Crippen molar-refractivity contribution < 1.29 is 9.47 Å². The smallest absolute Gasteiger partial charge is 0.173 e. The zero-order valence-corrected chi connectivity index (χ0v) is 41.3. The summed E-state index contributed by atoms with van der Waals surface area (Å²) >= 11 is 1.76. The third-order valence-electron chi connectivity index (χ3n) is 12.1. The van der Waals surface area contributed by atoms with Crippen molar-refractivity contribution in [3.05, 3.63) is 119 Å². The molecule has 0 atom stereocenters. The van der Waals surface area contributed by atoms with E-state index in [4.69, 9.17) is 29.4 Å². The maximum absolute atomic E-state index is 6.97. The van der Waals surface area contributed by atoms with Crippen molar-refractivity contribution >= 4 is 11.8 Å². The lowest BCUT2D eigenvalue weighted by molar-refractivity contribution is 0.105. The van der Waals surface area contributed by atoms with Crippen molar-refractivity contribution in [2.45, 2.75) is 155 Å². The molecule has 0 amide bonds. The Kier molecular flexibility index (Phi) is 10.8. The van der Waals surface area contributed by atoms with Crippen molar-refractivity contribution in [1.82, 2.24) is 19.9 Å². The number of ether oxygens (including phenoxy) is 2. The Bertz CT molecular complexity index is 2570. The fraction of sp³-hybridized carbons (Fsp3) is 0.429. The molecule has 0 bridgehead atoms. The monoisotopic (exact) mass is 858 g/mol. The number of hydrogen-bond donors (Lipinski definition) is 0. The summed E-state index contributed by atoms with van der Waals surface area (Å²) in [6.45, 7) is 35.9. The van der Waals surface area contributed by atoms with Gasteiger partial charge in [0.1, 0.15) is 46.6 Å². The van der Waals surface area contributed by atoms with Gasteiger partial charge in [-0.15, -0.1) is 0 Å². The Labute approximate surface area is 381 Å². The first-order chi connectivity index (χ1) is 29.1. The van der Waals surface area contributed by atoms with Gasteiger partial charge in [0.05, 0.1) is 0 Å². The minimum atomic E-state index is -0.574. The molecule has 2 aliphatic heterocycles. The molecule has 0 N–H and O–H groups in total. The molecule has 0 aliphatic carbocycles. The van der Waals surface area contributed by atoms with Gasteiger partial charge in [-0.1, -0.05) is 131 Å². The minimum absolute atomic E-state index is 0.124. The van der Waals surface area contributed by atoms with Gasteiger partial charge in [-0.25, -0.2) is 19.9 Å². The van der Waals surface area contributed by atoms with Crippen molar-refractivity contribution in [2.24, 2.45) is 10.8 Å². The van der Waals surface area contributed by atoms with Crippen molar-refractivity contribution in [2.75, 3.05) is 0 Å². The van der Waals surface area contributed by atoms with Crippen LogP contribution in [-0.4, -0.2) is 19.9 Å². The molecule has 2 aliphatic rings. The van der Waals surface area contributed by atoms with Crippen LogP contribution in [0.3, 0.4) is 0 Å². The number of fused-ring (bicyclic) bond motifs is 6. The average Bonchev–Trinajstić information content (AvgIpc) is 3.15. The second kappa shape index (κ2) is 15.3. The Morgan fingerprint density at radius 2 is 0.825 bits per heavy atom. The van der Waals surface area contributed by atoms with Gasteiger partial charge in [0.25, 0.3) is 0 Å². The fourth-order valence-electron chi connectivity index (χ4n) is 8.98. The molecular weight excluding hydrogens is 793 g/mol. The van der Waals surface area contributed by atoms with E-state index in [1.165, 1.54) is 22.3 Å². The second-order valence-electron chi connectivity index (χ2n) is 23.4. The summed E-state index contributed by atoms with van der Waals surface area (Å²) in [5, 5.41) is 0. The van der Waals surface area contributed by atoms with Crippen LogP contribution < -0.4 is 9.47 Å². The van der Waals surface area contributed by atoms with Crippen LogP contribution in [0.5, 0.6) is 11.5 Å². The molecule has 7 heteroatoms. The van der Waals surface area contributed by atoms with E-state index in [1.807, 2.05) is 0 Å². The molecule has 6 aromatic rings. The highest BCUT2D eigenvalue weighted by atomic mass is 32.2. The highest BCUT2D eigenvalue weighted by Crippen LogP contribution is 2.51. The summed E-state index contributed by atoms with van der Waals surface area (Å²) in [6.07, 6.45) is 5.35. The number of benzene rings is 4. The molecule has 8 rings (SSSR count). The molecular formula is C56H66N4O2S. The molecule has 63 heavy (non-hydrogen) atoms. The van der Waals surface area contributed by atoms with Crippen LogP contribution in [-0.2, 0) is 34.9 Å². The molecule has 0 saturated heterocycles. The van der Waals surface area contributed by atoms with Crippen LogP contribution in [0.25, 0.3) is 45.0 Å². The van der Waals surface area contributed by atoms with Gasteiger partial charge < -0.3 is 9.47 Å². The number of nitrogens with zero attached hydrogens (tertiary/aromatic N) is 4. The molecule has 328 valence electrons. The van der Waals surface area contributed by atoms with E-state index in [1.54, 1.807) is 24.4 Å². The van der Waals surface area contributed by atoms with Crippen LogP contribution in [0.2, 0.25) is 0 Å². The van der Waals surface area contributed by atoms with Crippen LogP contribution in [0, 0.1) is 10.8 Å². The summed E-state index contributed by atoms with van der Waals surface area (Å²) in [5.41, 5.74) is 13.8. The first-order valence-corrected chi connectivity index (χ1v) is 23.3. The van der Waals surface area contributed by atoms with E-state index in [0.29, 0.717) is 0 Å². The van der Waals surface area contributed by atoms with Crippen molar-refractivity contribution in [1.29, 1.82) is 0 Å². The summed E-state index contributed by atoms with van der Waals surface area (Å²) in [5.74, 6) is 1.45. The SMILES string of the molecule is CC(C)(C)Cc1ccc2c(c1)C(C)(C)Oc1c(-c3cc(Sc4cc(-c5ncnc6c5OC(C)(C)c5cc(CC(C)(C)C)ccc5-6)cc(C(C)(C)C)c4)cc(C(C)(C)C)c3)ncnc1-2. The largest absolute Gasteiger partial charge is 0.479 e. The lowest BCUT2D eigenvalue weighted by Gasteiger charge is -2.36. The molecule has 6 nitrogen and oxygen atoms in total. The van der Waals surface area contributed by atoms with Crippen molar-refractivity contribution in [3.63, 3.8) is 0 Å². The fourth-order valence-corrected chi connectivity index (χ4v) is 10.0. The van der Waals surface area contributed by atoms with E-state index >= 15 is 0 Å². The maximum atomic E-state index is 6.97. The third kappa shape index (κ3) is 9.18. The first-order valence-electron chi connectivity index (χ1n) is 22.5. The van der Waals surface area contributed by atoms with E-state index < -0.39 is 11.2 Å². The number of rotatable bonds is 6. The van der Waals surface area contributed by atoms with Gasteiger partial charge in [-0.3, -0.25) is 0 Å². The predicted octanol–water partition coefficient (Wildman–Crippen LogP) is 15.1. The Hall–Kier alpha value is -5.01. The molecule has 0 radical (unpaired) electrons. The lowest BCUT2D eigenvalue weighted by atomic mass is 9.82. The van der Waals surface area contributed by atoms with Gasteiger partial charge in [-0.2, -0.15) is 0 Å². The molecule has 4 heterocycles. The van der Waals surface area contributed by atoms with Crippen LogP contribution >= 0.6 is 11.8 Å². The summed E-state index contributed by atoms with van der Waals surface area (Å²) in [7, 11) is 0. The number of aromatic nitrogens is 4. The quantitative estimate of drug-likeness (QED) is 0.165. The van der Waals surface area contributed by atoms with Crippen molar-refractivity contribution in [3.8, 4) is 56.5 Å². The standard InChI is InChI=1S/C56H66N4O2S/c1-51(2,3)29-33-17-19-41-43(21-33)55(13,14)61-49-45(57-31-59-47(41)49)35-23-37(53(7,8)9)27-39(25-35)63-40-26-36(24-38(28-40)54(10,11)12)46-50-48(60-32-58-46)42-20-18-34(30-52(4,5)6)22-44(42)56(15,16)62-50/h17-28,31-32H,29-30H2,1-16H3. The highest BCUT2D eigenvalue weighted by molar-refractivity contribution is 7.99. The molecule has 0 fully saturated rings. The van der Waals surface area contributed by atoms with E-state index in [2.05, 4.69) is 184 Å². The molecule has 0 spiro atoms. The topological polar surface area (TPSA) is 70.0 Å². The molecule has 4 aromatic carbocycles. The second-order valence-corrected chi connectivity index (χ2v) is 24.5. The Balaban J connectivity index is 1.22. The van der Waals surface area contributed by atoms with Gasteiger partial charge in [-0.05, 0) is 121 Å². The van der Waals surface area contributed by atoms with E-state index in [9.17, 15) is 0 Å². The zero-order chi connectivity index (χ0) is 45.7. The van der Waals surface area contributed by atoms with Crippen LogP contribution in [0.4, 0.5) is 0 Å². The maximum Gasteiger partial charge on any atom is 0.173 e. The average molecular weight is 859 g/mol. The normalized spacial score (nSPS) is 15.4. The Morgan fingerprint density at radius 3 is 1.17 bits per heavy atom. The molecule has 0 unspecified atom stereocenters. The first kappa shape index (κ1) is 44.6. The van der Waals surface area contributed by atoms with Gasteiger partial charge >= 0.3 is 0 Å². The van der Waals surface area contributed by atoms with Gasteiger partial charge in [0.15, 0.2) is 11.5 Å². The zero-order valence-electron chi connectivity index (χ0n) is 40.5. The van der Waals surface area contributed by atoms with Gasteiger partial charge in [0, 0.05) is 43.2 Å². The highest BCUT2D eigenvalue weighted by Gasteiger charge is 2.38.